The lowest BCUT2D eigenvalue weighted by Gasteiger charge is -2.00. The summed E-state index contributed by atoms with van der Waals surface area (Å²) in [5.74, 6) is 0. The summed E-state index contributed by atoms with van der Waals surface area (Å²) in [6.07, 6.45) is 9.14. The van der Waals surface area contributed by atoms with Crippen LogP contribution in [0.15, 0.2) is 24.8 Å². The van der Waals surface area contributed by atoms with E-state index in [0.717, 1.165) is 32.6 Å². The van der Waals surface area contributed by atoms with Crippen LogP contribution in [0.4, 0.5) is 0 Å². The largest absolute Gasteiger partial charge is 0.308 e. The van der Waals surface area contributed by atoms with Gasteiger partial charge < -0.3 is 5.32 Å². The molecule has 0 radical (unpaired) electrons. The lowest BCUT2D eigenvalue weighted by molar-refractivity contribution is 0.601. The van der Waals surface area contributed by atoms with Crippen LogP contribution in [0.2, 0.25) is 0 Å². The first-order valence-electron chi connectivity index (χ1n) is 6.55. The summed E-state index contributed by atoms with van der Waals surface area (Å²) in [5, 5.41) is 12.0. The second-order valence-electron chi connectivity index (χ2n) is 4.42. The van der Waals surface area contributed by atoms with Gasteiger partial charge in [0.25, 0.3) is 0 Å². The van der Waals surface area contributed by atoms with Gasteiger partial charge in [-0.2, -0.15) is 10.2 Å². The molecule has 2 heterocycles. The van der Waals surface area contributed by atoms with Crippen LogP contribution in [-0.2, 0) is 26.2 Å². The van der Waals surface area contributed by atoms with E-state index in [1.165, 1.54) is 11.1 Å². The summed E-state index contributed by atoms with van der Waals surface area (Å²) >= 11 is 0. The minimum absolute atomic E-state index is 0.846. The molecular weight excluding hydrogens is 226 g/mol. The summed E-state index contributed by atoms with van der Waals surface area (Å²) in [6, 6.07) is 0. The highest BCUT2D eigenvalue weighted by atomic mass is 15.3. The lowest BCUT2D eigenvalue weighted by atomic mass is 10.3. The Hall–Kier alpha value is -1.62. The fraction of sp³-hybridized carbons (Fsp3) is 0.538. The molecule has 0 aliphatic rings. The van der Waals surface area contributed by atoms with Gasteiger partial charge in [-0.15, -0.1) is 0 Å². The van der Waals surface area contributed by atoms with Crippen molar-refractivity contribution < 1.29 is 0 Å². The average molecular weight is 247 g/mol. The molecule has 0 saturated carbocycles. The van der Waals surface area contributed by atoms with Gasteiger partial charge in [-0.1, -0.05) is 6.92 Å². The van der Waals surface area contributed by atoms with E-state index in [0.29, 0.717) is 0 Å². The van der Waals surface area contributed by atoms with Gasteiger partial charge in [0.05, 0.1) is 12.4 Å². The van der Waals surface area contributed by atoms with E-state index in [1.807, 2.05) is 21.8 Å². The number of nitrogens with one attached hydrogen (secondary N) is 1. The van der Waals surface area contributed by atoms with E-state index < -0.39 is 0 Å². The van der Waals surface area contributed by atoms with Crippen molar-refractivity contribution in [1.82, 2.24) is 24.9 Å². The van der Waals surface area contributed by atoms with Crippen molar-refractivity contribution in [3.8, 4) is 0 Å². The molecule has 0 amide bonds. The highest BCUT2D eigenvalue weighted by Crippen LogP contribution is 2.01. The monoisotopic (exact) mass is 247 g/mol. The molecule has 18 heavy (non-hydrogen) atoms. The van der Waals surface area contributed by atoms with Crippen LogP contribution in [0.3, 0.4) is 0 Å². The lowest BCUT2D eigenvalue weighted by Crippen LogP contribution is -2.11. The Morgan fingerprint density at radius 3 is 2.17 bits per heavy atom. The Kier molecular flexibility index (Phi) is 4.52. The minimum atomic E-state index is 0.846. The zero-order chi connectivity index (χ0) is 12.8. The molecule has 0 fully saturated rings. The Balaban J connectivity index is 1.77. The SMILES string of the molecule is CCCn1cc(CNCc2cnn(CC)c2)cn1. The third-order valence-corrected chi connectivity index (χ3v) is 2.81. The molecule has 98 valence electrons. The highest BCUT2D eigenvalue weighted by Gasteiger charge is 1.99. The van der Waals surface area contributed by atoms with Crippen LogP contribution in [0.5, 0.6) is 0 Å². The minimum Gasteiger partial charge on any atom is -0.308 e. The Morgan fingerprint density at radius 2 is 1.61 bits per heavy atom. The molecule has 2 rings (SSSR count). The Bertz CT molecular complexity index is 471. The van der Waals surface area contributed by atoms with E-state index in [4.69, 9.17) is 0 Å². The zero-order valence-corrected chi connectivity index (χ0v) is 11.1. The highest BCUT2D eigenvalue weighted by molar-refractivity contribution is 5.06. The first kappa shape index (κ1) is 12.8. The topological polar surface area (TPSA) is 47.7 Å². The van der Waals surface area contributed by atoms with Crippen LogP contribution in [0.25, 0.3) is 0 Å². The summed E-state index contributed by atoms with van der Waals surface area (Å²) in [6.45, 7) is 7.85. The van der Waals surface area contributed by atoms with Crippen molar-refractivity contribution in [3.05, 3.63) is 35.9 Å². The fourth-order valence-corrected chi connectivity index (χ4v) is 1.87. The van der Waals surface area contributed by atoms with E-state index in [-0.39, 0.29) is 0 Å². The first-order chi connectivity index (χ1) is 8.81. The van der Waals surface area contributed by atoms with E-state index in [1.54, 1.807) is 0 Å². The standard InChI is InChI=1S/C13H21N5/c1-3-5-18-11-13(9-16-18)7-14-6-12-8-15-17(4-2)10-12/h8-11,14H,3-7H2,1-2H3. The van der Waals surface area contributed by atoms with Crippen molar-refractivity contribution in [3.63, 3.8) is 0 Å². The number of hydrogen-bond donors (Lipinski definition) is 1. The molecule has 0 saturated heterocycles. The van der Waals surface area contributed by atoms with Crippen LogP contribution in [0.1, 0.15) is 31.4 Å². The fourth-order valence-electron chi connectivity index (χ4n) is 1.87. The maximum Gasteiger partial charge on any atom is 0.0534 e. The van der Waals surface area contributed by atoms with Crippen molar-refractivity contribution >= 4 is 0 Å². The van der Waals surface area contributed by atoms with E-state index in [9.17, 15) is 0 Å². The van der Waals surface area contributed by atoms with Crippen molar-refractivity contribution in [2.75, 3.05) is 0 Å². The molecule has 0 atom stereocenters. The van der Waals surface area contributed by atoms with Gasteiger partial charge in [-0.25, -0.2) is 0 Å². The number of hydrogen-bond acceptors (Lipinski definition) is 3. The van der Waals surface area contributed by atoms with Gasteiger partial charge in [0.2, 0.25) is 0 Å². The van der Waals surface area contributed by atoms with Crippen molar-refractivity contribution in [2.24, 2.45) is 0 Å². The van der Waals surface area contributed by atoms with Crippen molar-refractivity contribution in [1.29, 1.82) is 0 Å². The molecular formula is C13H21N5. The smallest absolute Gasteiger partial charge is 0.0534 e. The molecule has 0 spiro atoms. The number of aromatic nitrogens is 4. The van der Waals surface area contributed by atoms with Gasteiger partial charge in [-0.05, 0) is 13.3 Å². The molecule has 2 aromatic rings. The van der Waals surface area contributed by atoms with Gasteiger partial charge in [-0.3, -0.25) is 9.36 Å². The second kappa shape index (κ2) is 6.35. The summed E-state index contributed by atoms with van der Waals surface area (Å²) in [5.41, 5.74) is 2.45. The second-order valence-corrected chi connectivity index (χ2v) is 4.42. The zero-order valence-electron chi connectivity index (χ0n) is 11.1. The molecule has 5 heteroatoms. The van der Waals surface area contributed by atoms with E-state index in [2.05, 4.69) is 41.8 Å². The number of rotatable bonds is 7. The Morgan fingerprint density at radius 1 is 1.00 bits per heavy atom. The summed E-state index contributed by atoms with van der Waals surface area (Å²) in [7, 11) is 0. The molecule has 0 aliphatic heterocycles. The predicted octanol–water partition coefficient (Wildman–Crippen LogP) is 1.80. The van der Waals surface area contributed by atoms with E-state index >= 15 is 0 Å². The van der Waals surface area contributed by atoms with Gasteiger partial charge in [0.15, 0.2) is 0 Å². The van der Waals surface area contributed by atoms with Crippen LogP contribution in [0, 0.1) is 0 Å². The van der Waals surface area contributed by atoms with Crippen LogP contribution < -0.4 is 5.32 Å². The summed E-state index contributed by atoms with van der Waals surface area (Å²) in [4.78, 5) is 0. The predicted molar refractivity (Wildman–Crippen MR) is 71.0 cm³/mol. The third kappa shape index (κ3) is 3.43. The molecule has 0 unspecified atom stereocenters. The number of nitrogens with zero attached hydrogens (tertiary/aromatic N) is 4. The van der Waals surface area contributed by atoms with Crippen LogP contribution >= 0.6 is 0 Å². The molecule has 0 bridgehead atoms. The van der Waals surface area contributed by atoms with Crippen molar-refractivity contribution in [2.45, 2.75) is 46.4 Å². The number of aryl methyl sites for hydroxylation is 2. The van der Waals surface area contributed by atoms with Gasteiger partial charge in [0.1, 0.15) is 0 Å². The average Bonchev–Trinajstić information content (AvgIpc) is 2.99. The first-order valence-corrected chi connectivity index (χ1v) is 6.55. The maximum absolute atomic E-state index is 4.31. The summed E-state index contributed by atoms with van der Waals surface area (Å²) < 4.78 is 3.93. The third-order valence-electron chi connectivity index (χ3n) is 2.81. The van der Waals surface area contributed by atoms with Gasteiger partial charge in [0, 0.05) is 49.7 Å². The molecule has 0 aromatic carbocycles. The molecule has 0 aliphatic carbocycles. The molecule has 5 nitrogen and oxygen atoms in total. The Labute approximate surface area is 108 Å². The normalized spacial score (nSPS) is 11.0. The quantitative estimate of drug-likeness (QED) is 0.811. The van der Waals surface area contributed by atoms with Crippen LogP contribution in [-0.4, -0.2) is 19.6 Å². The molecule has 2 aromatic heterocycles. The van der Waals surface area contributed by atoms with Gasteiger partial charge >= 0.3 is 0 Å². The maximum atomic E-state index is 4.31. The molecule has 1 N–H and O–H groups in total.